The SMILES string of the molecule is C=CS(=O)(=O)C=C.C=CS(=O)(=O)CCC(O)S(=O)(=O)C=C. The minimum absolute atomic E-state index is 0.386. The molecule has 0 saturated heterocycles. The third-order valence-electron chi connectivity index (χ3n) is 1.98. The number of hydrogen-bond acceptors (Lipinski definition) is 7. The zero-order chi connectivity index (χ0) is 17.3. The lowest BCUT2D eigenvalue weighted by atomic mass is 10.5. The van der Waals surface area contributed by atoms with E-state index in [9.17, 15) is 25.3 Å². The topological polar surface area (TPSA) is 123 Å². The van der Waals surface area contributed by atoms with E-state index in [1.54, 1.807) is 0 Å². The Balaban J connectivity index is 0. The second-order valence-corrected chi connectivity index (χ2v) is 9.42. The second kappa shape index (κ2) is 8.93. The Bertz CT molecular complexity index is 668. The first-order chi connectivity index (χ1) is 9.37. The standard InChI is InChI=1S/C7H12O5S2.C4H6O2S/c1-3-13(9,10)6-5-7(8)14(11,12)4-2;1-3-7(5,6)4-2/h3-4,7-8H,1-2,5-6H2;3-4H,1-2H2. The molecule has 21 heavy (non-hydrogen) atoms. The summed E-state index contributed by atoms with van der Waals surface area (Å²) in [6.45, 7) is 12.1. The molecule has 1 N–H and O–H groups in total. The molecule has 0 heterocycles. The van der Waals surface area contributed by atoms with Crippen LogP contribution in [-0.4, -0.2) is 41.5 Å². The molecule has 0 aliphatic rings. The molecule has 0 aliphatic heterocycles. The molecule has 0 bridgehead atoms. The van der Waals surface area contributed by atoms with Crippen molar-refractivity contribution in [3.63, 3.8) is 0 Å². The molecule has 0 amide bonds. The largest absolute Gasteiger partial charge is 0.377 e. The maximum Gasteiger partial charge on any atom is 0.197 e. The van der Waals surface area contributed by atoms with Crippen molar-refractivity contribution in [1.82, 2.24) is 0 Å². The molecule has 0 aromatic carbocycles. The van der Waals surface area contributed by atoms with E-state index in [4.69, 9.17) is 5.11 Å². The highest BCUT2D eigenvalue weighted by Crippen LogP contribution is 2.07. The maximum atomic E-state index is 10.9. The zero-order valence-corrected chi connectivity index (χ0v) is 13.7. The fraction of sp³-hybridized carbons (Fsp3) is 0.273. The summed E-state index contributed by atoms with van der Waals surface area (Å²) in [6, 6.07) is 0. The van der Waals surface area contributed by atoms with Crippen LogP contribution in [0.2, 0.25) is 0 Å². The van der Waals surface area contributed by atoms with Gasteiger partial charge in [-0.2, -0.15) is 0 Å². The Kier molecular flexibility index (Phi) is 9.37. The molecule has 0 spiro atoms. The van der Waals surface area contributed by atoms with E-state index in [0.29, 0.717) is 5.41 Å². The first kappa shape index (κ1) is 22.1. The smallest absolute Gasteiger partial charge is 0.197 e. The van der Waals surface area contributed by atoms with Gasteiger partial charge in [0.2, 0.25) is 0 Å². The monoisotopic (exact) mass is 358 g/mol. The fourth-order valence-corrected chi connectivity index (χ4v) is 2.36. The van der Waals surface area contributed by atoms with Crippen molar-refractivity contribution >= 4 is 29.5 Å². The van der Waals surface area contributed by atoms with Crippen LogP contribution in [0.25, 0.3) is 0 Å². The summed E-state index contributed by atoms with van der Waals surface area (Å²) in [5, 5.41) is 12.1. The van der Waals surface area contributed by atoms with Crippen LogP contribution in [0.5, 0.6) is 0 Å². The molecule has 7 nitrogen and oxygen atoms in total. The van der Waals surface area contributed by atoms with Gasteiger partial charge in [-0.05, 0) is 0 Å². The molecular weight excluding hydrogens is 340 g/mol. The van der Waals surface area contributed by atoms with E-state index in [0.717, 1.165) is 16.2 Å². The molecule has 0 aromatic heterocycles. The summed E-state index contributed by atoms with van der Waals surface area (Å²) >= 11 is 0. The molecule has 0 aromatic rings. The van der Waals surface area contributed by atoms with Crippen molar-refractivity contribution in [3.05, 3.63) is 47.9 Å². The van der Waals surface area contributed by atoms with Crippen molar-refractivity contribution in [2.45, 2.75) is 11.9 Å². The number of aliphatic hydroxyl groups is 1. The Labute approximate surface area is 125 Å². The minimum atomic E-state index is -3.81. The van der Waals surface area contributed by atoms with Gasteiger partial charge in [0.1, 0.15) is 0 Å². The quantitative estimate of drug-likeness (QED) is 0.670. The van der Waals surface area contributed by atoms with Crippen LogP contribution < -0.4 is 0 Å². The molecule has 0 saturated carbocycles. The first-order valence-corrected chi connectivity index (χ1v) is 10.2. The highest BCUT2D eigenvalue weighted by Gasteiger charge is 2.21. The van der Waals surface area contributed by atoms with E-state index in [1.807, 2.05) is 0 Å². The minimum Gasteiger partial charge on any atom is -0.377 e. The summed E-state index contributed by atoms with van der Waals surface area (Å²) < 4.78 is 63.8. The van der Waals surface area contributed by atoms with Gasteiger partial charge in [-0.1, -0.05) is 26.3 Å². The van der Waals surface area contributed by atoms with Crippen molar-refractivity contribution < 1.29 is 30.4 Å². The van der Waals surface area contributed by atoms with Crippen LogP contribution in [-0.2, 0) is 29.5 Å². The molecule has 10 heteroatoms. The number of rotatable bonds is 8. The molecule has 1 atom stereocenters. The maximum absolute atomic E-state index is 10.9. The van der Waals surface area contributed by atoms with Crippen LogP contribution in [0.4, 0.5) is 0 Å². The van der Waals surface area contributed by atoms with Gasteiger partial charge in [0.25, 0.3) is 0 Å². The predicted molar refractivity (Wildman–Crippen MR) is 83.0 cm³/mol. The Hall–Kier alpha value is -1.23. The molecule has 0 fully saturated rings. The van der Waals surface area contributed by atoms with E-state index in [-0.39, 0.29) is 6.42 Å². The highest BCUT2D eigenvalue weighted by atomic mass is 32.2. The average Bonchev–Trinajstić information content (AvgIpc) is 2.45. The fourth-order valence-electron chi connectivity index (χ4n) is 0.692. The number of hydrogen-bond donors (Lipinski definition) is 1. The van der Waals surface area contributed by atoms with E-state index in [1.165, 1.54) is 0 Å². The predicted octanol–water partition coefficient (Wildman–Crippen LogP) is 0.500. The van der Waals surface area contributed by atoms with Gasteiger partial charge in [-0.15, -0.1) is 0 Å². The van der Waals surface area contributed by atoms with E-state index < -0.39 is 40.7 Å². The van der Waals surface area contributed by atoms with Gasteiger partial charge in [-0.3, -0.25) is 0 Å². The third-order valence-corrected chi connectivity index (χ3v) is 5.68. The van der Waals surface area contributed by atoms with Crippen LogP contribution in [0.1, 0.15) is 6.42 Å². The molecule has 122 valence electrons. The van der Waals surface area contributed by atoms with Gasteiger partial charge in [0.05, 0.1) is 5.75 Å². The van der Waals surface area contributed by atoms with Crippen LogP contribution in [0.15, 0.2) is 47.9 Å². The molecular formula is C11H18O7S3. The van der Waals surface area contributed by atoms with Gasteiger partial charge in [0.15, 0.2) is 34.9 Å². The van der Waals surface area contributed by atoms with Gasteiger partial charge in [0, 0.05) is 28.1 Å². The number of aliphatic hydroxyl groups excluding tert-OH is 1. The summed E-state index contributed by atoms with van der Waals surface area (Å²) in [4.78, 5) is 0. The molecule has 0 rings (SSSR count). The first-order valence-electron chi connectivity index (χ1n) is 5.27. The number of sulfone groups is 3. The van der Waals surface area contributed by atoms with Gasteiger partial charge < -0.3 is 5.11 Å². The molecule has 0 aliphatic carbocycles. The second-order valence-electron chi connectivity index (χ2n) is 3.46. The summed E-state index contributed by atoms with van der Waals surface area (Å²) in [7, 11) is -10.4. The van der Waals surface area contributed by atoms with Crippen molar-refractivity contribution in [3.8, 4) is 0 Å². The average molecular weight is 358 g/mol. The van der Waals surface area contributed by atoms with Crippen LogP contribution in [0, 0.1) is 0 Å². The Morgan fingerprint density at radius 1 is 0.810 bits per heavy atom. The van der Waals surface area contributed by atoms with Crippen molar-refractivity contribution in [2.24, 2.45) is 0 Å². The lowest BCUT2D eigenvalue weighted by Crippen LogP contribution is -2.21. The van der Waals surface area contributed by atoms with E-state index >= 15 is 0 Å². The van der Waals surface area contributed by atoms with Crippen LogP contribution >= 0.6 is 0 Å². The van der Waals surface area contributed by atoms with Crippen molar-refractivity contribution in [1.29, 1.82) is 0 Å². The van der Waals surface area contributed by atoms with E-state index in [2.05, 4.69) is 26.3 Å². The summed E-state index contributed by atoms with van der Waals surface area (Å²) in [5.41, 5.74) is -1.73. The van der Waals surface area contributed by atoms with Gasteiger partial charge in [-0.25, -0.2) is 25.3 Å². The Morgan fingerprint density at radius 3 is 1.48 bits per heavy atom. The highest BCUT2D eigenvalue weighted by molar-refractivity contribution is 7.97. The summed E-state index contributed by atoms with van der Waals surface area (Å²) in [6.07, 6.45) is -0.386. The van der Waals surface area contributed by atoms with Crippen LogP contribution in [0.3, 0.4) is 0 Å². The zero-order valence-electron chi connectivity index (χ0n) is 11.3. The molecule has 1 unspecified atom stereocenters. The normalized spacial score (nSPS) is 13.2. The lowest BCUT2D eigenvalue weighted by Gasteiger charge is -2.07. The Morgan fingerprint density at radius 2 is 1.24 bits per heavy atom. The van der Waals surface area contributed by atoms with Crippen molar-refractivity contribution in [2.75, 3.05) is 5.75 Å². The van der Waals surface area contributed by atoms with Gasteiger partial charge >= 0.3 is 0 Å². The molecule has 0 radical (unpaired) electrons. The lowest BCUT2D eigenvalue weighted by molar-refractivity contribution is 0.247. The third kappa shape index (κ3) is 10.2. The summed E-state index contributed by atoms with van der Waals surface area (Å²) in [5.74, 6) is -0.454.